The molecule has 0 aliphatic heterocycles. The third-order valence-electron chi connectivity index (χ3n) is 0.373. The van der Waals surface area contributed by atoms with Crippen molar-refractivity contribution in [3.8, 4) is 0 Å². The van der Waals surface area contributed by atoms with E-state index in [4.69, 9.17) is 11.5 Å². The van der Waals surface area contributed by atoms with Crippen molar-refractivity contribution in [1.82, 2.24) is 0 Å². The molecule has 0 saturated heterocycles. The van der Waals surface area contributed by atoms with Crippen LogP contribution in [0.5, 0.6) is 0 Å². The van der Waals surface area contributed by atoms with Crippen LogP contribution in [0.1, 0.15) is 6.92 Å². The van der Waals surface area contributed by atoms with Crippen molar-refractivity contribution in [3.63, 3.8) is 0 Å². The highest BCUT2D eigenvalue weighted by Crippen LogP contribution is 1.67. The molecule has 0 aliphatic rings. The first-order chi connectivity index (χ1) is 3.27. The number of hydrogen-bond donors (Lipinski definition) is 2. The van der Waals surface area contributed by atoms with Crippen molar-refractivity contribution in [2.45, 2.75) is 6.92 Å². The Morgan fingerprint density at radius 3 is 2.29 bits per heavy atom. The molecule has 7 heavy (non-hydrogen) atoms. The van der Waals surface area contributed by atoms with Crippen LogP contribution >= 0.6 is 0 Å². The molecule has 0 bridgehead atoms. The van der Waals surface area contributed by atoms with E-state index in [1.54, 1.807) is 6.08 Å². The highest BCUT2D eigenvalue weighted by atomic mass is 15.0. The zero-order valence-electron chi connectivity index (χ0n) is 4.26. The lowest BCUT2D eigenvalue weighted by atomic mass is 10.7. The van der Waals surface area contributed by atoms with Gasteiger partial charge in [0.2, 0.25) is 0 Å². The normalized spacial score (nSPS) is 9.29. The summed E-state index contributed by atoms with van der Waals surface area (Å²) in [4.78, 5) is 3.53. The molecule has 0 fully saturated rings. The quantitative estimate of drug-likeness (QED) is 0.353. The molecule has 4 N–H and O–H groups in total. The van der Waals surface area contributed by atoms with Crippen LogP contribution in [-0.4, -0.2) is 5.96 Å². The van der Waals surface area contributed by atoms with Gasteiger partial charge in [0.15, 0.2) is 5.96 Å². The van der Waals surface area contributed by atoms with Crippen molar-refractivity contribution in [2.75, 3.05) is 0 Å². The van der Waals surface area contributed by atoms with E-state index in [2.05, 4.69) is 4.99 Å². The van der Waals surface area contributed by atoms with Gasteiger partial charge in [-0.05, 0) is 6.92 Å². The molecule has 3 heteroatoms. The number of hydrogen-bond acceptors (Lipinski definition) is 1. The maximum absolute atomic E-state index is 4.96. The second-order valence-corrected chi connectivity index (χ2v) is 1.04. The Morgan fingerprint density at radius 2 is 2.14 bits per heavy atom. The van der Waals surface area contributed by atoms with Gasteiger partial charge >= 0.3 is 0 Å². The maximum Gasteiger partial charge on any atom is 0.190 e. The Hall–Kier alpha value is -0.990. The maximum atomic E-state index is 4.96. The zero-order valence-corrected chi connectivity index (χ0v) is 4.26. The number of allylic oxidation sites excluding steroid dienone is 1. The summed E-state index contributed by atoms with van der Waals surface area (Å²) in [6.07, 6.45) is 3.29. The molecule has 0 amide bonds. The minimum Gasteiger partial charge on any atom is -0.370 e. The molecule has 0 unspecified atom stereocenters. The smallest absolute Gasteiger partial charge is 0.190 e. The fraction of sp³-hybridized carbons (Fsp3) is 0.250. The average Bonchev–Trinajstić information content (AvgIpc) is 1.61. The van der Waals surface area contributed by atoms with Crippen LogP contribution in [0, 0.1) is 0 Å². The van der Waals surface area contributed by atoms with E-state index in [1.165, 1.54) is 6.20 Å². The fourth-order valence-corrected chi connectivity index (χ4v) is 0.161. The summed E-state index contributed by atoms with van der Waals surface area (Å²) < 4.78 is 0. The van der Waals surface area contributed by atoms with Gasteiger partial charge in [-0.3, -0.25) is 0 Å². The Kier molecular flexibility index (Phi) is 2.76. The summed E-state index contributed by atoms with van der Waals surface area (Å²) in [7, 11) is 0. The fourth-order valence-electron chi connectivity index (χ4n) is 0.161. The molecule has 3 nitrogen and oxygen atoms in total. The summed E-state index contributed by atoms with van der Waals surface area (Å²) >= 11 is 0. The van der Waals surface area contributed by atoms with Gasteiger partial charge in [0.1, 0.15) is 0 Å². The summed E-state index contributed by atoms with van der Waals surface area (Å²) in [6, 6.07) is 0. The van der Waals surface area contributed by atoms with Crippen molar-refractivity contribution >= 4 is 5.96 Å². The second-order valence-electron chi connectivity index (χ2n) is 1.04. The molecule has 0 heterocycles. The molecule has 0 aromatic heterocycles. The Morgan fingerprint density at radius 1 is 1.57 bits per heavy atom. The number of guanidine groups is 1. The zero-order chi connectivity index (χ0) is 5.70. The number of rotatable bonds is 1. The molecular formula is C4H9N3. The van der Waals surface area contributed by atoms with Gasteiger partial charge in [0.25, 0.3) is 0 Å². The predicted octanol–water partition coefficient (Wildman–Crippen LogP) is -0.207. The van der Waals surface area contributed by atoms with E-state index in [1.807, 2.05) is 6.92 Å². The standard InChI is InChI=1S/C4H9N3/c1-2-3-7-4(5)6/h2-3H,1H3,(H4,5,6,7). The lowest BCUT2D eigenvalue weighted by Gasteiger charge is -1.80. The Balaban J connectivity index is 3.46. The molecule has 0 saturated carbocycles. The average molecular weight is 99.1 g/mol. The van der Waals surface area contributed by atoms with Crippen molar-refractivity contribution in [2.24, 2.45) is 16.5 Å². The highest BCUT2D eigenvalue weighted by Gasteiger charge is 1.66. The van der Waals surface area contributed by atoms with Crippen molar-refractivity contribution in [3.05, 3.63) is 12.3 Å². The van der Waals surface area contributed by atoms with Crippen LogP contribution in [0.2, 0.25) is 0 Å². The van der Waals surface area contributed by atoms with Crippen molar-refractivity contribution in [1.29, 1.82) is 0 Å². The molecule has 0 radical (unpaired) electrons. The number of nitrogens with zero attached hydrogens (tertiary/aromatic N) is 1. The van der Waals surface area contributed by atoms with Gasteiger partial charge in [0.05, 0.1) is 0 Å². The van der Waals surface area contributed by atoms with Crippen LogP contribution in [0.15, 0.2) is 17.3 Å². The molecule has 0 aromatic rings. The lowest BCUT2D eigenvalue weighted by molar-refractivity contribution is 1.42. The summed E-state index contributed by atoms with van der Waals surface area (Å²) in [5.41, 5.74) is 9.91. The van der Waals surface area contributed by atoms with Crippen LogP contribution in [-0.2, 0) is 0 Å². The summed E-state index contributed by atoms with van der Waals surface area (Å²) in [5, 5.41) is 0. The topological polar surface area (TPSA) is 64.4 Å². The molecule has 0 atom stereocenters. The Labute approximate surface area is 42.7 Å². The molecule has 0 rings (SSSR count). The first-order valence-electron chi connectivity index (χ1n) is 1.97. The van der Waals surface area contributed by atoms with Crippen LogP contribution in [0.25, 0.3) is 0 Å². The third kappa shape index (κ3) is 5.01. The number of aliphatic imine (C=N–C) groups is 1. The van der Waals surface area contributed by atoms with Crippen molar-refractivity contribution < 1.29 is 0 Å². The van der Waals surface area contributed by atoms with Crippen LogP contribution in [0.3, 0.4) is 0 Å². The highest BCUT2D eigenvalue weighted by molar-refractivity contribution is 5.76. The lowest BCUT2D eigenvalue weighted by Crippen LogP contribution is -2.21. The van der Waals surface area contributed by atoms with E-state index in [0.29, 0.717) is 0 Å². The third-order valence-corrected chi connectivity index (χ3v) is 0.373. The van der Waals surface area contributed by atoms with Gasteiger partial charge in [0, 0.05) is 6.20 Å². The molecule has 40 valence electrons. The second kappa shape index (κ2) is 3.21. The summed E-state index contributed by atoms with van der Waals surface area (Å²) in [6.45, 7) is 1.84. The first-order valence-corrected chi connectivity index (χ1v) is 1.97. The minimum atomic E-state index is 0.0955. The van der Waals surface area contributed by atoms with E-state index < -0.39 is 0 Å². The molecule has 0 aliphatic carbocycles. The SMILES string of the molecule is CC=CN=C(N)N. The van der Waals surface area contributed by atoms with Gasteiger partial charge < -0.3 is 11.5 Å². The van der Waals surface area contributed by atoms with E-state index in [-0.39, 0.29) is 5.96 Å². The predicted molar refractivity (Wildman–Crippen MR) is 30.6 cm³/mol. The van der Waals surface area contributed by atoms with Crippen LogP contribution in [0.4, 0.5) is 0 Å². The van der Waals surface area contributed by atoms with Gasteiger partial charge in [-0.2, -0.15) is 0 Å². The monoisotopic (exact) mass is 99.1 g/mol. The molecule has 0 spiro atoms. The van der Waals surface area contributed by atoms with Crippen LogP contribution < -0.4 is 11.5 Å². The van der Waals surface area contributed by atoms with Gasteiger partial charge in [-0.1, -0.05) is 6.08 Å². The first kappa shape index (κ1) is 6.01. The Bertz CT molecular complexity index is 89.1. The molecule has 0 aromatic carbocycles. The summed E-state index contributed by atoms with van der Waals surface area (Å²) in [5.74, 6) is 0.0955. The minimum absolute atomic E-state index is 0.0955. The van der Waals surface area contributed by atoms with E-state index in [9.17, 15) is 0 Å². The number of nitrogens with two attached hydrogens (primary N) is 2. The largest absolute Gasteiger partial charge is 0.370 e. The van der Waals surface area contributed by atoms with Gasteiger partial charge in [-0.15, -0.1) is 0 Å². The van der Waals surface area contributed by atoms with E-state index >= 15 is 0 Å². The molecular weight excluding hydrogens is 90.1 g/mol. The van der Waals surface area contributed by atoms with Gasteiger partial charge in [-0.25, -0.2) is 4.99 Å². The van der Waals surface area contributed by atoms with E-state index in [0.717, 1.165) is 0 Å².